The average Bonchev–Trinajstić information content (AvgIpc) is 3.41. The van der Waals surface area contributed by atoms with E-state index in [4.69, 9.17) is 10.5 Å². The number of aryl methyl sites for hydroxylation is 1. The van der Waals surface area contributed by atoms with Gasteiger partial charge in [0.05, 0.1) is 13.3 Å². The molecular formula is C20H18N8O4. The topological polar surface area (TPSA) is 167 Å². The van der Waals surface area contributed by atoms with Crippen molar-refractivity contribution in [3.8, 4) is 28.6 Å². The Morgan fingerprint density at radius 3 is 2.72 bits per heavy atom. The number of aromatic nitrogens is 5. The fourth-order valence-corrected chi connectivity index (χ4v) is 2.91. The number of benzene rings is 2. The van der Waals surface area contributed by atoms with Gasteiger partial charge < -0.3 is 15.6 Å². The highest BCUT2D eigenvalue weighted by Crippen LogP contribution is 2.28. The predicted molar refractivity (Wildman–Crippen MR) is 114 cm³/mol. The molecule has 0 aliphatic carbocycles. The summed E-state index contributed by atoms with van der Waals surface area (Å²) in [6.07, 6.45) is 1.28. The van der Waals surface area contributed by atoms with E-state index in [9.17, 15) is 9.90 Å². The van der Waals surface area contributed by atoms with Crippen LogP contribution in [0.15, 0.2) is 52.2 Å². The molecule has 0 radical (unpaired) electrons. The molecule has 12 heteroatoms. The Hall–Kier alpha value is -4.74. The lowest BCUT2D eigenvalue weighted by molar-refractivity contribution is 0.0950. The molecule has 162 valence electrons. The highest BCUT2D eigenvalue weighted by atomic mass is 16.6. The van der Waals surface area contributed by atoms with Gasteiger partial charge in [-0.1, -0.05) is 41.1 Å². The second kappa shape index (κ2) is 8.55. The summed E-state index contributed by atoms with van der Waals surface area (Å²) >= 11 is 0. The Morgan fingerprint density at radius 1 is 1.25 bits per heavy atom. The number of aromatic hydroxyl groups is 1. The first-order valence-electron chi connectivity index (χ1n) is 9.30. The standard InChI is InChI=1S/C20H18N8O4/c1-11-6-8-12(9-7-11)16-15(23-27-28(16)19-18(21)25-32-26-19)20(30)24-22-10-13-4-3-5-14(31-2)17(13)29/h3-10,29H,1-2H3,(H2,21,25)(H,24,30)/b22-10-. The number of phenols is 1. The molecule has 0 saturated heterocycles. The van der Waals surface area contributed by atoms with Gasteiger partial charge in [-0.25, -0.2) is 10.1 Å². The van der Waals surface area contributed by atoms with Gasteiger partial charge in [0, 0.05) is 11.1 Å². The van der Waals surface area contributed by atoms with Crippen molar-refractivity contribution in [1.82, 2.24) is 30.7 Å². The zero-order chi connectivity index (χ0) is 22.7. The summed E-state index contributed by atoms with van der Waals surface area (Å²) in [7, 11) is 1.44. The Labute approximate surface area is 181 Å². The zero-order valence-corrected chi connectivity index (χ0v) is 17.1. The summed E-state index contributed by atoms with van der Waals surface area (Å²) in [6, 6.07) is 12.3. The van der Waals surface area contributed by atoms with E-state index in [1.54, 1.807) is 18.2 Å². The minimum absolute atomic E-state index is 0.0123. The maximum absolute atomic E-state index is 12.9. The number of rotatable bonds is 6. The number of phenolic OH excluding ortho intramolecular Hbond substituents is 1. The molecule has 32 heavy (non-hydrogen) atoms. The van der Waals surface area contributed by atoms with Crippen LogP contribution in [0.2, 0.25) is 0 Å². The van der Waals surface area contributed by atoms with Gasteiger partial charge in [-0.05, 0) is 29.4 Å². The van der Waals surface area contributed by atoms with Crippen LogP contribution in [0.4, 0.5) is 5.82 Å². The van der Waals surface area contributed by atoms with Gasteiger partial charge in [-0.3, -0.25) is 4.79 Å². The van der Waals surface area contributed by atoms with Crippen LogP contribution in [0.1, 0.15) is 21.6 Å². The van der Waals surface area contributed by atoms with Gasteiger partial charge in [0.15, 0.2) is 17.2 Å². The molecule has 2 aromatic heterocycles. The van der Waals surface area contributed by atoms with Crippen molar-refractivity contribution in [2.75, 3.05) is 12.8 Å². The number of carbonyl (C=O) groups is 1. The Balaban J connectivity index is 1.67. The van der Waals surface area contributed by atoms with Crippen LogP contribution >= 0.6 is 0 Å². The van der Waals surface area contributed by atoms with Gasteiger partial charge in [0.1, 0.15) is 5.69 Å². The molecule has 4 rings (SSSR count). The third-order valence-corrected chi connectivity index (χ3v) is 4.53. The number of methoxy groups -OCH3 is 1. The molecule has 0 saturated carbocycles. The predicted octanol–water partition coefficient (Wildman–Crippen LogP) is 1.69. The molecule has 2 heterocycles. The minimum atomic E-state index is -0.638. The molecule has 0 spiro atoms. The van der Waals surface area contributed by atoms with Crippen molar-refractivity contribution in [2.45, 2.75) is 6.92 Å². The molecule has 0 bridgehead atoms. The fraction of sp³-hybridized carbons (Fsp3) is 0.100. The van der Waals surface area contributed by atoms with Crippen LogP contribution in [-0.4, -0.2) is 49.6 Å². The van der Waals surface area contributed by atoms with E-state index < -0.39 is 5.91 Å². The first-order chi connectivity index (χ1) is 15.5. The second-order valence-electron chi connectivity index (χ2n) is 6.63. The Morgan fingerprint density at radius 2 is 2.03 bits per heavy atom. The normalized spacial score (nSPS) is 11.1. The molecule has 12 nitrogen and oxygen atoms in total. The van der Waals surface area contributed by atoms with Crippen LogP contribution in [-0.2, 0) is 0 Å². The first-order valence-corrected chi connectivity index (χ1v) is 9.30. The van der Waals surface area contributed by atoms with E-state index in [2.05, 4.69) is 35.8 Å². The molecule has 0 aliphatic heterocycles. The minimum Gasteiger partial charge on any atom is -0.504 e. The summed E-state index contributed by atoms with van der Waals surface area (Å²) < 4.78 is 11.0. The number of nitrogen functional groups attached to an aromatic ring is 1. The average molecular weight is 434 g/mol. The Bertz CT molecular complexity index is 1290. The molecule has 0 fully saturated rings. The van der Waals surface area contributed by atoms with E-state index in [1.807, 2.05) is 31.2 Å². The number of nitrogens with zero attached hydrogens (tertiary/aromatic N) is 6. The van der Waals surface area contributed by atoms with E-state index in [-0.39, 0.29) is 28.8 Å². The first kappa shape index (κ1) is 20.5. The number of hydrogen-bond donors (Lipinski definition) is 3. The monoisotopic (exact) mass is 434 g/mol. The number of anilines is 1. The molecule has 0 atom stereocenters. The van der Waals surface area contributed by atoms with Crippen LogP contribution in [0.5, 0.6) is 11.5 Å². The van der Waals surface area contributed by atoms with Crippen LogP contribution in [0, 0.1) is 6.92 Å². The number of hydrazone groups is 1. The molecule has 4 N–H and O–H groups in total. The largest absolute Gasteiger partial charge is 0.504 e. The quantitative estimate of drug-likeness (QED) is 0.302. The van der Waals surface area contributed by atoms with Crippen molar-refractivity contribution in [1.29, 1.82) is 0 Å². The van der Waals surface area contributed by atoms with Crippen LogP contribution < -0.4 is 15.9 Å². The fourth-order valence-electron chi connectivity index (χ4n) is 2.91. The van der Waals surface area contributed by atoms with Gasteiger partial charge in [0.25, 0.3) is 5.91 Å². The lowest BCUT2D eigenvalue weighted by atomic mass is 10.1. The van der Waals surface area contributed by atoms with Gasteiger partial charge in [-0.2, -0.15) is 9.78 Å². The van der Waals surface area contributed by atoms with Crippen molar-refractivity contribution < 1.29 is 19.3 Å². The molecule has 1 amide bonds. The van der Waals surface area contributed by atoms with Gasteiger partial charge in [-0.15, -0.1) is 5.10 Å². The molecule has 0 aliphatic rings. The Kier molecular flexibility index (Phi) is 5.49. The van der Waals surface area contributed by atoms with E-state index in [0.29, 0.717) is 16.8 Å². The zero-order valence-electron chi connectivity index (χ0n) is 17.1. The van der Waals surface area contributed by atoms with Crippen molar-refractivity contribution in [2.24, 2.45) is 5.10 Å². The highest BCUT2D eigenvalue weighted by Gasteiger charge is 2.25. The van der Waals surface area contributed by atoms with E-state index >= 15 is 0 Å². The van der Waals surface area contributed by atoms with Gasteiger partial charge >= 0.3 is 0 Å². The van der Waals surface area contributed by atoms with Crippen molar-refractivity contribution in [3.05, 3.63) is 59.3 Å². The number of hydrogen-bond acceptors (Lipinski definition) is 10. The summed E-state index contributed by atoms with van der Waals surface area (Å²) in [6.45, 7) is 1.94. The highest BCUT2D eigenvalue weighted by molar-refractivity contribution is 5.99. The molecule has 2 aromatic carbocycles. The SMILES string of the molecule is COc1cccc(/C=N\NC(=O)c2nnn(-c3nonc3N)c2-c2ccc(C)cc2)c1O. The number of nitrogens with two attached hydrogens (primary N) is 1. The molecule has 0 unspecified atom stereocenters. The summed E-state index contributed by atoms with van der Waals surface area (Å²) in [5.74, 6) is -0.379. The number of para-hydroxylation sites is 1. The lowest BCUT2D eigenvalue weighted by Crippen LogP contribution is -2.19. The van der Waals surface area contributed by atoms with Crippen molar-refractivity contribution >= 4 is 17.9 Å². The lowest BCUT2D eigenvalue weighted by Gasteiger charge is -2.06. The maximum Gasteiger partial charge on any atom is 0.294 e. The van der Waals surface area contributed by atoms with E-state index in [0.717, 1.165) is 5.56 Å². The summed E-state index contributed by atoms with van der Waals surface area (Å²) in [5.41, 5.74) is 10.5. The second-order valence-corrected chi connectivity index (χ2v) is 6.63. The van der Waals surface area contributed by atoms with Crippen molar-refractivity contribution in [3.63, 3.8) is 0 Å². The smallest absolute Gasteiger partial charge is 0.294 e. The maximum atomic E-state index is 12.9. The van der Waals surface area contributed by atoms with Gasteiger partial charge in [0.2, 0.25) is 11.6 Å². The molecule has 4 aromatic rings. The third kappa shape index (κ3) is 3.84. The number of carbonyl (C=O) groups excluding carboxylic acids is 1. The number of amides is 1. The number of nitrogens with one attached hydrogen (secondary N) is 1. The van der Waals surface area contributed by atoms with Crippen LogP contribution in [0.3, 0.4) is 0 Å². The molecular weight excluding hydrogens is 416 g/mol. The number of ether oxygens (including phenoxy) is 1. The van der Waals surface area contributed by atoms with Crippen LogP contribution in [0.25, 0.3) is 17.1 Å². The van der Waals surface area contributed by atoms with E-state index in [1.165, 1.54) is 18.0 Å². The third-order valence-electron chi connectivity index (χ3n) is 4.53. The summed E-state index contributed by atoms with van der Waals surface area (Å²) in [5, 5.41) is 29.3. The summed E-state index contributed by atoms with van der Waals surface area (Å²) in [4.78, 5) is 12.9.